The summed E-state index contributed by atoms with van der Waals surface area (Å²) in [6.07, 6.45) is 1.57. The zero-order valence-corrected chi connectivity index (χ0v) is 14.2. The number of carbonyl (C=O) groups is 1. The predicted octanol–water partition coefficient (Wildman–Crippen LogP) is 4.40. The van der Waals surface area contributed by atoms with Crippen molar-refractivity contribution in [2.45, 2.75) is 13.8 Å². The number of ketones is 1. The van der Waals surface area contributed by atoms with Crippen LogP contribution < -0.4 is 4.74 Å². The van der Waals surface area contributed by atoms with Crippen molar-refractivity contribution in [2.75, 3.05) is 6.61 Å². The van der Waals surface area contributed by atoms with Crippen LogP contribution in [0.3, 0.4) is 0 Å². The average Bonchev–Trinajstić information content (AvgIpc) is 2.89. The number of pyridine rings is 1. The van der Waals surface area contributed by atoms with Crippen molar-refractivity contribution in [3.05, 3.63) is 76.8 Å². The Morgan fingerprint density at radius 2 is 1.92 bits per heavy atom. The maximum absolute atomic E-state index is 12.5. The lowest BCUT2D eigenvalue weighted by Gasteiger charge is -2.10. The molecule has 0 atom stereocenters. The standard InChI is InChI=1S/C19H17ClN2O2/c1-13-11-16(14(2)22(13)15-7-4-3-5-8-15)17(23)12-24-18-9-6-10-21-19(18)20/h3-11H,12H2,1-2H3. The molecule has 5 heteroatoms. The molecule has 3 rings (SSSR count). The second-order valence-electron chi connectivity index (χ2n) is 5.46. The Bertz CT molecular complexity index is 872. The summed E-state index contributed by atoms with van der Waals surface area (Å²) in [6.45, 7) is 3.84. The van der Waals surface area contributed by atoms with Gasteiger partial charge in [0, 0.05) is 28.8 Å². The van der Waals surface area contributed by atoms with E-state index in [0.29, 0.717) is 11.3 Å². The predicted molar refractivity (Wildman–Crippen MR) is 94.3 cm³/mol. The van der Waals surface area contributed by atoms with E-state index in [1.807, 2.05) is 50.2 Å². The normalized spacial score (nSPS) is 10.6. The maximum Gasteiger partial charge on any atom is 0.202 e. The molecule has 0 saturated heterocycles. The van der Waals surface area contributed by atoms with E-state index in [4.69, 9.17) is 16.3 Å². The molecule has 2 aromatic heterocycles. The summed E-state index contributed by atoms with van der Waals surface area (Å²) >= 11 is 5.94. The van der Waals surface area contributed by atoms with Gasteiger partial charge in [0.25, 0.3) is 0 Å². The van der Waals surface area contributed by atoms with Crippen LogP contribution in [0.5, 0.6) is 5.75 Å². The number of nitrogens with zero attached hydrogens (tertiary/aromatic N) is 2. The zero-order chi connectivity index (χ0) is 17.1. The number of hydrogen-bond acceptors (Lipinski definition) is 3. The average molecular weight is 341 g/mol. The fourth-order valence-electron chi connectivity index (χ4n) is 2.72. The van der Waals surface area contributed by atoms with Crippen molar-refractivity contribution in [1.82, 2.24) is 9.55 Å². The second-order valence-corrected chi connectivity index (χ2v) is 5.82. The SMILES string of the molecule is Cc1cc(C(=O)COc2cccnc2Cl)c(C)n1-c1ccccc1. The number of benzene rings is 1. The third-order valence-corrected chi connectivity index (χ3v) is 4.11. The van der Waals surface area contributed by atoms with Gasteiger partial charge in [-0.15, -0.1) is 0 Å². The van der Waals surface area contributed by atoms with Crippen LogP contribution in [0.15, 0.2) is 54.7 Å². The summed E-state index contributed by atoms with van der Waals surface area (Å²) in [7, 11) is 0. The Kier molecular flexibility index (Phi) is 4.67. The molecule has 1 aromatic carbocycles. The Hall–Kier alpha value is -2.59. The number of Topliss-reactive ketones (excluding diaryl/α,β-unsaturated/α-hetero) is 1. The number of hydrogen-bond donors (Lipinski definition) is 0. The Morgan fingerprint density at radius 3 is 2.62 bits per heavy atom. The molecule has 0 aliphatic carbocycles. The van der Waals surface area contributed by atoms with Gasteiger partial charge >= 0.3 is 0 Å². The first kappa shape index (κ1) is 16.3. The molecule has 0 saturated carbocycles. The van der Waals surface area contributed by atoms with E-state index in [9.17, 15) is 4.79 Å². The highest BCUT2D eigenvalue weighted by Gasteiger charge is 2.17. The highest BCUT2D eigenvalue weighted by Crippen LogP contribution is 2.23. The van der Waals surface area contributed by atoms with Crippen molar-refractivity contribution in [1.29, 1.82) is 0 Å². The molecule has 122 valence electrons. The number of halogens is 1. The van der Waals surface area contributed by atoms with E-state index in [-0.39, 0.29) is 17.5 Å². The van der Waals surface area contributed by atoms with Gasteiger partial charge in [-0.25, -0.2) is 4.98 Å². The van der Waals surface area contributed by atoms with Gasteiger partial charge in [-0.3, -0.25) is 4.79 Å². The molecule has 0 spiro atoms. The first-order chi connectivity index (χ1) is 11.6. The third kappa shape index (κ3) is 3.19. The van der Waals surface area contributed by atoms with E-state index in [1.165, 1.54) is 0 Å². The minimum absolute atomic E-state index is 0.0789. The first-order valence-corrected chi connectivity index (χ1v) is 7.96. The fraction of sp³-hybridized carbons (Fsp3) is 0.158. The second kappa shape index (κ2) is 6.89. The van der Waals surface area contributed by atoms with Gasteiger partial charge in [0.2, 0.25) is 5.78 Å². The van der Waals surface area contributed by atoms with Crippen molar-refractivity contribution in [3.63, 3.8) is 0 Å². The Labute approximate surface area is 145 Å². The molecule has 3 aromatic rings. The van der Waals surface area contributed by atoms with Gasteiger partial charge in [-0.1, -0.05) is 29.8 Å². The molecule has 0 fully saturated rings. The lowest BCUT2D eigenvalue weighted by Crippen LogP contribution is -2.13. The highest BCUT2D eigenvalue weighted by molar-refractivity contribution is 6.30. The number of carbonyl (C=O) groups excluding carboxylic acids is 1. The molecule has 4 nitrogen and oxygen atoms in total. The van der Waals surface area contributed by atoms with Gasteiger partial charge in [0.1, 0.15) is 0 Å². The fourth-order valence-corrected chi connectivity index (χ4v) is 2.89. The molecule has 0 aliphatic heterocycles. The van der Waals surface area contributed by atoms with E-state index >= 15 is 0 Å². The molecule has 0 aliphatic rings. The molecule has 0 unspecified atom stereocenters. The van der Waals surface area contributed by atoms with Crippen LogP contribution >= 0.6 is 11.6 Å². The number of aromatic nitrogens is 2. The van der Waals surface area contributed by atoms with E-state index in [0.717, 1.165) is 17.1 Å². The largest absolute Gasteiger partial charge is 0.482 e. The van der Waals surface area contributed by atoms with Gasteiger partial charge in [0.05, 0.1) is 0 Å². The molecule has 24 heavy (non-hydrogen) atoms. The summed E-state index contributed by atoms with van der Waals surface area (Å²) in [4.78, 5) is 16.5. The Morgan fingerprint density at radius 1 is 1.17 bits per heavy atom. The molecule has 0 N–H and O–H groups in total. The van der Waals surface area contributed by atoms with Gasteiger partial charge in [-0.2, -0.15) is 0 Å². The maximum atomic E-state index is 12.5. The molecular formula is C19H17ClN2O2. The van der Waals surface area contributed by atoms with Gasteiger partial charge in [0.15, 0.2) is 17.5 Å². The summed E-state index contributed by atoms with van der Waals surface area (Å²) < 4.78 is 7.57. The zero-order valence-electron chi connectivity index (χ0n) is 13.5. The number of rotatable bonds is 5. The summed E-state index contributed by atoms with van der Waals surface area (Å²) in [6, 6.07) is 15.2. The number of ether oxygens (including phenoxy) is 1. The quantitative estimate of drug-likeness (QED) is 0.510. The number of para-hydroxylation sites is 1. The van der Waals surface area contributed by atoms with Crippen molar-refractivity contribution in [2.24, 2.45) is 0 Å². The van der Waals surface area contributed by atoms with Crippen molar-refractivity contribution >= 4 is 17.4 Å². The molecule has 0 amide bonds. The van der Waals surface area contributed by atoms with E-state index < -0.39 is 0 Å². The van der Waals surface area contributed by atoms with Crippen LogP contribution in [0.2, 0.25) is 5.15 Å². The monoisotopic (exact) mass is 340 g/mol. The molecular weight excluding hydrogens is 324 g/mol. The molecule has 0 bridgehead atoms. The van der Waals surface area contributed by atoms with Gasteiger partial charge in [-0.05, 0) is 44.2 Å². The van der Waals surface area contributed by atoms with Crippen LogP contribution in [-0.2, 0) is 0 Å². The van der Waals surface area contributed by atoms with Crippen LogP contribution in [0.25, 0.3) is 5.69 Å². The molecule has 0 radical (unpaired) electrons. The minimum Gasteiger partial charge on any atom is -0.482 e. The Balaban J connectivity index is 1.83. The van der Waals surface area contributed by atoms with Crippen LogP contribution in [0.1, 0.15) is 21.7 Å². The van der Waals surface area contributed by atoms with Crippen molar-refractivity contribution in [3.8, 4) is 11.4 Å². The minimum atomic E-state index is -0.0924. The lowest BCUT2D eigenvalue weighted by molar-refractivity contribution is 0.0921. The highest BCUT2D eigenvalue weighted by atomic mass is 35.5. The van der Waals surface area contributed by atoms with Gasteiger partial charge < -0.3 is 9.30 Å². The topological polar surface area (TPSA) is 44.1 Å². The van der Waals surface area contributed by atoms with Crippen LogP contribution in [0, 0.1) is 13.8 Å². The number of aryl methyl sites for hydroxylation is 1. The molecule has 2 heterocycles. The summed E-state index contributed by atoms with van der Waals surface area (Å²) in [5, 5.41) is 0.250. The first-order valence-electron chi connectivity index (χ1n) is 7.59. The van der Waals surface area contributed by atoms with Crippen LogP contribution in [0.4, 0.5) is 0 Å². The third-order valence-electron chi connectivity index (χ3n) is 3.83. The summed E-state index contributed by atoms with van der Waals surface area (Å²) in [5.41, 5.74) is 3.57. The smallest absolute Gasteiger partial charge is 0.202 e. The van der Waals surface area contributed by atoms with Crippen molar-refractivity contribution < 1.29 is 9.53 Å². The van der Waals surface area contributed by atoms with E-state index in [1.54, 1.807) is 18.3 Å². The summed E-state index contributed by atoms with van der Waals surface area (Å²) in [5.74, 6) is 0.314. The van der Waals surface area contributed by atoms with E-state index in [2.05, 4.69) is 9.55 Å². The lowest BCUT2D eigenvalue weighted by atomic mass is 10.1. The van der Waals surface area contributed by atoms with Crippen LogP contribution in [-0.4, -0.2) is 21.9 Å².